The quantitative estimate of drug-likeness (QED) is 0.430. The fourth-order valence-electron chi connectivity index (χ4n) is 3.16. The third-order valence-electron chi connectivity index (χ3n) is 4.43. The second-order valence-electron chi connectivity index (χ2n) is 6.66. The summed E-state index contributed by atoms with van der Waals surface area (Å²) in [6, 6.07) is 8.38. The maximum Gasteiger partial charge on any atom is 0.226 e. The zero-order valence-electron chi connectivity index (χ0n) is 15.9. The number of halogens is 1. The van der Waals surface area contributed by atoms with Gasteiger partial charge in [-0.25, -0.2) is 0 Å². The van der Waals surface area contributed by atoms with E-state index in [1.54, 1.807) is 0 Å². The maximum atomic E-state index is 6.12. The summed E-state index contributed by atoms with van der Waals surface area (Å²) in [7, 11) is 0. The molecule has 1 saturated heterocycles. The van der Waals surface area contributed by atoms with Crippen LogP contribution in [-0.4, -0.2) is 48.3 Å². The summed E-state index contributed by atoms with van der Waals surface area (Å²) >= 11 is 6.12. The lowest BCUT2D eigenvalue weighted by Crippen LogP contribution is -2.44. The molecule has 146 valence electrons. The lowest BCUT2D eigenvalue weighted by atomic mass is 10.2. The van der Waals surface area contributed by atoms with Crippen LogP contribution in [0.4, 0.5) is 5.69 Å². The van der Waals surface area contributed by atoms with Crippen molar-refractivity contribution >= 4 is 23.2 Å². The van der Waals surface area contributed by atoms with E-state index in [9.17, 15) is 0 Å². The normalized spacial score (nSPS) is 17.4. The fraction of sp³-hybridized carbons (Fsp3) is 0.526. The molecule has 0 spiro atoms. The van der Waals surface area contributed by atoms with Gasteiger partial charge in [0, 0.05) is 49.4 Å². The zero-order valence-corrected chi connectivity index (χ0v) is 16.7. The molecular weight excluding hydrogens is 364 g/mol. The van der Waals surface area contributed by atoms with Crippen LogP contribution in [0.2, 0.25) is 5.02 Å². The number of nitrogens with one attached hydrogen (secondary N) is 2. The van der Waals surface area contributed by atoms with Crippen LogP contribution >= 0.6 is 11.6 Å². The second kappa shape index (κ2) is 9.60. The summed E-state index contributed by atoms with van der Waals surface area (Å²) < 4.78 is 5.13. The first kappa shape index (κ1) is 19.5. The number of aliphatic imine (C=N–C) groups is 1. The van der Waals surface area contributed by atoms with E-state index in [1.165, 1.54) is 5.69 Å². The van der Waals surface area contributed by atoms with E-state index >= 15 is 0 Å². The van der Waals surface area contributed by atoms with Gasteiger partial charge in [0.1, 0.15) is 0 Å². The Labute approximate surface area is 165 Å². The highest BCUT2D eigenvalue weighted by Crippen LogP contribution is 2.23. The van der Waals surface area contributed by atoms with E-state index in [2.05, 4.69) is 43.7 Å². The fourth-order valence-corrected chi connectivity index (χ4v) is 3.35. The molecule has 2 heterocycles. The molecular formula is C19H27ClN6O. The third-order valence-corrected chi connectivity index (χ3v) is 4.67. The highest BCUT2D eigenvalue weighted by Gasteiger charge is 2.23. The predicted octanol–water partition coefficient (Wildman–Crippen LogP) is 2.80. The molecule has 1 aromatic heterocycles. The molecule has 3 rings (SSSR count). The third kappa shape index (κ3) is 5.85. The Bertz CT molecular complexity index is 762. The standard InChI is InChI=1S/C19H27ClN6O/c1-3-21-19(22-10-5-8-18-23-14(2)25-27-18)24-16-9-11-26(13-16)17-7-4-6-15(20)12-17/h4,6-7,12,16H,3,5,8-11,13H2,1-2H3,(H2,21,22,24). The van der Waals surface area contributed by atoms with Crippen LogP contribution in [0.5, 0.6) is 0 Å². The Morgan fingerprint density at radius 3 is 3.07 bits per heavy atom. The van der Waals surface area contributed by atoms with Crippen molar-refractivity contribution in [3.63, 3.8) is 0 Å². The van der Waals surface area contributed by atoms with Crippen LogP contribution in [0.1, 0.15) is 31.5 Å². The van der Waals surface area contributed by atoms with Gasteiger partial charge in [-0.3, -0.25) is 4.99 Å². The topological polar surface area (TPSA) is 78.6 Å². The number of aryl methyl sites for hydroxylation is 2. The van der Waals surface area contributed by atoms with E-state index in [-0.39, 0.29) is 0 Å². The smallest absolute Gasteiger partial charge is 0.226 e. The SMILES string of the molecule is CCNC(=NCCCc1nc(C)no1)NC1CCN(c2cccc(Cl)c2)C1. The van der Waals surface area contributed by atoms with E-state index < -0.39 is 0 Å². The molecule has 27 heavy (non-hydrogen) atoms. The van der Waals surface area contributed by atoms with Gasteiger partial charge < -0.3 is 20.1 Å². The van der Waals surface area contributed by atoms with Crippen molar-refractivity contribution in [2.24, 2.45) is 4.99 Å². The Morgan fingerprint density at radius 2 is 2.33 bits per heavy atom. The Balaban J connectivity index is 1.48. The van der Waals surface area contributed by atoms with Crippen molar-refractivity contribution < 1.29 is 4.52 Å². The number of guanidine groups is 1. The number of anilines is 1. The van der Waals surface area contributed by atoms with Gasteiger partial charge in [0.25, 0.3) is 0 Å². The summed E-state index contributed by atoms with van der Waals surface area (Å²) in [4.78, 5) is 11.2. The summed E-state index contributed by atoms with van der Waals surface area (Å²) in [5, 5.41) is 11.5. The van der Waals surface area contributed by atoms with Gasteiger partial charge in [-0.15, -0.1) is 0 Å². The Morgan fingerprint density at radius 1 is 1.44 bits per heavy atom. The molecule has 1 aromatic carbocycles. The average Bonchev–Trinajstić information content (AvgIpc) is 3.28. The average molecular weight is 391 g/mol. The molecule has 2 N–H and O–H groups in total. The van der Waals surface area contributed by atoms with Crippen molar-refractivity contribution in [3.05, 3.63) is 41.0 Å². The summed E-state index contributed by atoms with van der Waals surface area (Å²) in [6.07, 6.45) is 2.69. The van der Waals surface area contributed by atoms with E-state index in [1.807, 2.05) is 25.1 Å². The minimum absolute atomic E-state index is 0.361. The zero-order chi connectivity index (χ0) is 19.1. The molecule has 0 bridgehead atoms. The largest absolute Gasteiger partial charge is 0.369 e. The first-order chi connectivity index (χ1) is 13.1. The van der Waals surface area contributed by atoms with Gasteiger partial charge in [0.05, 0.1) is 0 Å². The summed E-state index contributed by atoms with van der Waals surface area (Å²) in [5.41, 5.74) is 1.17. The second-order valence-corrected chi connectivity index (χ2v) is 7.09. The van der Waals surface area contributed by atoms with Gasteiger partial charge in [-0.2, -0.15) is 4.98 Å². The molecule has 2 aromatic rings. The van der Waals surface area contributed by atoms with Crippen LogP contribution < -0.4 is 15.5 Å². The van der Waals surface area contributed by atoms with Crippen LogP contribution in [0.15, 0.2) is 33.8 Å². The monoisotopic (exact) mass is 390 g/mol. The molecule has 0 aliphatic carbocycles. The van der Waals surface area contributed by atoms with Crippen molar-refractivity contribution in [2.45, 2.75) is 39.2 Å². The first-order valence-electron chi connectivity index (χ1n) is 9.48. The predicted molar refractivity (Wildman–Crippen MR) is 109 cm³/mol. The number of rotatable bonds is 7. The number of hydrogen-bond donors (Lipinski definition) is 2. The lowest BCUT2D eigenvalue weighted by Gasteiger charge is -2.20. The van der Waals surface area contributed by atoms with Gasteiger partial charge in [-0.1, -0.05) is 22.8 Å². The highest BCUT2D eigenvalue weighted by molar-refractivity contribution is 6.30. The molecule has 1 unspecified atom stereocenters. The minimum Gasteiger partial charge on any atom is -0.369 e. The van der Waals surface area contributed by atoms with E-state index in [4.69, 9.17) is 16.1 Å². The molecule has 0 radical (unpaired) electrons. The number of hydrogen-bond acceptors (Lipinski definition) is 5. The molecule has 1 aliphatic heterocycles. The Hall–Kier alpha value is -2.28. The summed E-state index contributed by atoms with van der Waals surface area (Å²) in [6.45, 7) is 7.39. The molecule has 0 amide bonds. The minimum atomic E-state index is 0.361. The molecule has 7 nitrogen and oxygen atoms in total. The van der Waals surface area contributed by atoms with Gasteiger partial charge in [-0.05, 0) is 44.9 Å². The highest BCUT2D eigenvalue weighted by atomic mass is 35.5. The first-order valence-corrected chi connectivity index (χ1v) is 9.86. The van der Waals surface area contributed by atoms with E-state index in [0.29, 0.717) is 24.3 Å². The molecule has 0 saturated carbocycles. The van der Waals surface area contributed by atoms with Crippen molar-refractivity contribution in [2.75, 3.05) is 31.1 Å². The number of benzene rings is 1. The van der Waals surface area contributed by atoms with Crippen molar-refractivity contribution in [1.82, 2.24) is 20.8 Å². The lowest BCUT2D eigenvalue weighted by molar-refractivity contribution is 0.372. The van der Waals surface area contributed by atoms with Crippen molar-refractivity contribution in [1.29, 1.82) is 0 Å². The van der Waals surface area contributed by atoms with Crippen LogP contribution in [0, 0.1) is 6.92 Å². The van der Waals surface area contributed by atoms with Gasteiger partial charge in [0.2, 0.25) is 5.89 Å². The molecule has 1 aliphatic rings. The van der Waals surface area contributed by atoms with Gasteiger partial charge >= 0.3 is 0 Å². The van der Waals surface area contributed by atoms with Crippen molar-refractivity contribution in [3.8, 4) is 0 Å². The van der Waals surface area contributed by atoms with E-state index in [0.717, 1.165) is 49.9 Å². The molecule has 8 heteroatoms. The van der Waals surface area contributed by atoms with Crippen LogP contribution in [-0.2, 0) is 6.42 Å². The number of nitrogens with zero attached hydrogens (tertiary/aromatic N) is 4. The maximum absolute atomic E-state index is 6.12. The molecule has 1 atom stereocenters. The van der Waals surface area contributed by atoms with Crippen LogP contribution in [0.3, 0.4) is 0 Å². The van der Waals surface area contributed by atoms with Gasteiger partial charge in [0.15, 0.2) is 11.8 Å². The number of aromatic nitrogens is 2. The summed E-state index contributed by atoms with van der Waals surface area (Å²) in [5.74, 6) is 2.21. The Kier molecular flexibility index (Phi) is 6.92. The molecule has 1 fully saturated rings. The van der Waals surface area contributed by atoms with Crippen LogP contribution in [0.25, 0.3) is 0 Å².